The van der Waals surface area contributed by atoms with Gasteiger partial charge in [-0.2, -0.15) is 0 Å². The van der Waals surface area contributed by atoms with Gasteiger partial charge in [-0.3, -0.25) is 0 Å². The second kappa shape index (κ2) is 5.78. The highest BCUT2D eigenvalue weighted by Crippen LogP contribution is 2.15. The smallest absolute Gasteiger partial charge is 0.115 e. The molecule has 0 bridgehead atoms. The van der Waals surface area contributed by atoms with Crippen LogP contribution in [0, 0.1) is 5.92 Å². The van der Waals surface area contributed by atoms with Crippen LogP contribution in [0.25, 0.3) is 0 Å². The molecule has 1 fully saturated rings. The number of rotatable bonds is 5. The van der Waals surface area contributed by atoms with Crippen LogP contribution >= 0.6 is 0 Å². The molecule has 2 rings (SSSR count). The minimum absolute atomic E-state index is 0.753. The second-order valence-corrected chi connectivity index (χ2v) is 3.90. The minimum atomic E-state index is 0.753. The molecule has 82 valence electrons. The second-order valence-electron chi connectivity index (χ2n) is 3.90. The van der Waals surface area contributed by atoms with Gasteiger partial charge >= 0.3 is 0 Å². The van der Waals surface area contributed by atoms with E-state index in [1.54, 1.807) is 12.5 Å². The fraction of sp³-hybridized carbons (Fsp3) is 0.636. The Morgan fingerprint density at radius 1 is 1.53 bits per heavy atom. The molecule has 0 aliphatic carbocycles. The van der Waals surface area contributed by atoms with Gasteiger partial charge in [0.2, 0.25) is 0 Å². The van der Waals surface area contributed by atoms with Crippen molar-refractivity contribution in [2.24, 2.45) is 5.92 Å². The van der Waals surface area contributed by atoms with Gasteiger partial charge in [-0.1, -0.05) is 0 Å². The van der Waals surface area contributed by atoms with Crippen LogP contribution in [0.5, 0.6) is 0 Å². The van der Waals surface area contributed by atoms with Crippen molar-refractivity contribution in [3.05, 3.63) is 24.3 Å². The van der Waals surface area contributed by atoms with Crippen molar-refractivity contribution in [1.82, 2.24) is 15.3 Å². The molecule has 1 aliphatic rings. The van der Waals surface area contributed by atoms with E-state index in [4.69, 9.17) is 4.74 Å². The predicted molar refractivity (Wildman–Crippen MR) is 57.3 cm³/mol. The van der Waals surface area contributed by atoms with Crippen molar-refractivity contribution < 1.29 is 4.74 Å². The first kappa shape index (κ1) is 10.5. The van der Waals surface area contributed by atoms with Gasteiger partial charge in [-0.15, -0.1) is 0 Å². The lowest BCUT2D eigenvalue weighted by atomic mass is 10.1. The van der Waals surface area contributed by atoms with Crippen molar-refractivity contribution >= 4 is 0 Å². The van der Waals surface area contributed by atoms with Crippen LogP contribution in [0.15, 0.2) is 18.6 Å². The largest absolute Gasteiger partial charge is 0.381 e. The van der Waals surface area contributed by atoms with Crippen molar-refractivity contribution in [3.8, 4) is 0 Å². The topological polar surface area (TPSA) is 47.0 Å². The third kappa shape index (κ3) is 3.57. The number of ether oxygens (including phenoxy) is 1. The molecule has 1 unspecified atom stereocenters. The van der Waals surface area contributed by atoms with Gasteiger partial charge in [-0.25, -0.2) is 9.97 Å². The fourth-order valence-electron chi connectivity index (χ4n) is 1.76. The molecule has 0 amide bonds. The van der Waals surface area contributed by atoms with Gasteiger partial charge in [0.1, 0.15) is 6.33 Å². The average Bonchev–Trinajstić information content (AvgIpc) is 2.79. The Hall–Kier alpha value is -1.00. The molecule has 1 aliphatic heterocycles. The van der Waals surface area contributed by atoms with E-state index < -0.39 is 0 Å². The van der Waals surface area contributed by atoms with Gasteiger partial charge in [0, 0.05) is 26.0 Å². The lowest BCUT2D eigenvalue weighted by molar-refractivity contribution is 0.184. The molecule has 4 nitrogen and oxygen atoms in total. The molecule has 0 aromatic carbocycles. The molecule has 2 heterocycles. The highest BCUT2D eigenvalue weighted by molar-refractivity contribution is 4.96. The Labute approximate surface area is 90.1 Å². The Balaban J connectivity index is 1.59. The van der Waals surface area contributed by atoms with Gasteiger partial charge in [0.15, 0.2) is 0 Å². The van der Waals surface area contributed by atoms with E-state index in [1.165, 1.54) is 12.8 Å². The van der Waals surface area contributed by atoms with Gasteiger partial charge in [0.05, 0.1) is 5.69 Å². The van der Waals surface area contributed by atoms with E-state index in [9.17, 15) is 0 Å². The zero-order valence-corrected chi connectivity index (χ0v) is 8.85. The first-order chi connectivity index (χ1) is 7.45. The lowest BCUT2D eigenvalue weighted by Crippen LogP contribution is -2.18. The van der Waals surface area contributed by atoms with Crippen molar-refractivity contribution in [2.75, 3.05) is 19.8 Å². The average molecular weight is 207 g/mol. The number of hydrogen-bond donors (Lipinski definition) is 1. The van der Waals surface area contributed by atoms with Gasteiger partial charge in [0.25, 0.3) is 0 Å². The van der Waals surface area contributed by atoms with E-state index in [0.717, 1.165) is 37.9 Å². The Bertz CT molecular complexity index is 272. The summed E-state index contributed by atoms with van der Waals surface area (Å²) >= 11 is 0. The lowest BCUT2D eigenvalue weighted by Gasteiger charge is -2.07. The Morgan fingerprint density at radius 3 is 3.27 bits per heavy atom. The number of hydrogen-bond acceptors (Lipinski definition) is 4. The van der Waals surface area contributed by atoms with Crippen molar-refractivity contribution in [3.63, 3.8) is 0 Å². The maximum atomic E-state index is 5.32. The molecule has 1 aromatic rings. The summed E-state index contributed by atoms with van der Waals surface area (Å²) in [6.45, 7) is 3.75. The zero-order chi connectivity index (χ0) is 10.3. The van der Waals surface area contributed by atoms with Crippen LogP contribution in [0.4, 0.5) is 0 Å². The summed E-state index contributed by atoms with van der Waals surface area (Å²) in [5.41, 5.74) is 1.05. The number of aromatic nitrogens is 2. The SMILES string of the molecule is c1cc(CNCCC2CCOC2)ncn1. The molecular formula is C11H17N3O. The van der Waals surface area contributed by atoms with Gasteiger partial charge < -0.3 is 10.1 Å². The highest BCUT2D eigenvalue weighted by atomic mass is 16.5. The van der Waals surface area contributed by atoms with Crippen LogP contribution in [-0.4, -0.2) is 29.7 Å². The first-order valence-electron chi connectivity index (χ1n) is 5.48. The third-order valence-corrected chi connectivity index (χ3v) is 2.70. The molecule has 1 atom stereocenters. The number of nitrogens with zero attached hydrogens (tertiary/aromatic N) is 2. The maximum absolute atomic E-state index is 5.32. The van der Waals surface area contributed by atoms with Crippen molar-refractivity contribution in [2.45, 2.75) is 19.4 Å². The fourth-order valence-corrected chi connectivity index (χ4v) is 1.76. The monoisotopic (exact) mass is 207 g/mol. The Morgan fingerprint density at radius 2 is 2.53 bits per heavy atom. The molecule has 1 aromatic heterocycles. The zero-order valence-electron chi connectivity index (χ0n) is 8.85. The summed E-state index contributed by atoms with van der Waals surface area (Å²) in [5.74, 6) is 0.753. The van der Waals surface area contributed by atoms with Crippen LogP contribution in [0.3, 0.4) is 0 Å². The molecular weight excluding hydrogens is 190 g/mol. The predicted octanol–water partition coefficient (Wildman–Crippen LogP) is 0.993. The standard InChI is InChI=1S/C11H17N3O/c1(10-3-6-15-8-10)4-12-7-11-2-5-13-9-14-11/h2,5,9-10,12H,1,3-4,6-8H2. The van der Waals surface area contributed by atoms with Crippen LogP contribution in [0.2, 0.25) is 0 Å². The quantitative estimate of drug-likeness (QED) is 0.731. The van der Waals surface area contributed by atoms with Crippen LogP contribution in [-0.2, 0) is 11.3 Å². The molecule has 1 saturated heterocycles. The van der Waals surface area contributed by atoms with E-state index in [-0.39, 0.29) is 0 Å². The summed E-state index contributed by atoms with van der Waals surface area (Å²) in [6, 6.07) is 1.94. The first-order valence-corrected chi connectivity index (χ1v) is 5.48. The third-order valence-electron chi connectivity index (χ3n) is 2.70. The summed E-state index contributed by atoms with van der Waals surface area (Å²) < 4.78 is 5.32. The highest BCUT2D eigenvalue weighted by Gasteiger charge is 2.14. The molecule has 15 heavy (non-hydrogen) atoms. The van der Waals surface area contributed by atoms with Crippen LogP contribution < -0.4 is 5.32 Å². The number of nitrogens with one attached hydrogen (secondary N) is 1. The maximum Gasteiger partial charge on any atom is 0.115 e. The molecule has 1 N–H and O–H groups in total. The summed E-state index contributed by atoms with van der Waals surface area (Å²) in [5, 5.41) is 3.38. The molecule has 0 spiro atoms. The molecule has 0 saturated carbocycles. The van der Waals surface area contributed by atoms with E-state index in [0.29, 0.717) is 0 Å². The molecule has 4 heteroatoms. The van der Waals surface area contributed by atoms with Crippen molar-refractivity contribution in [1.29, 1.82) is 0 Å². The normalized spacial score (nSPS) is 20.7. The summed E-state index contributed by atoms with van der Waals surface area (Å²) in [7, 11) is 0. The van der Waals surface area contributed by atoms with E-state index >= 15 is 0 Å². The summed E-state index contributed by atoms with van der Waals surface area (Å²) in [4.78, 5) is 8.03. The minimum Gasteiger partial charge on any atom is -0.381 e. The van der Waals surface area contributed by atoms with E-state index in [2.05, 4.69) is 15.3 Å². The summed E-state index contributed by atoms with van der Waals surface area (Å²) in [6.07, 6.45) is 5.77. The van der Waals surface area contributed by atoms with Crippen LogP contribution in [0.1, 0.15) is 18.5 Å². The molecule has 0 radical (unpaired) electrons. The van der Waals surface area contributed by atoms with Gasteiger partial charge in [-0.05, 0) is 31.4 Å². The Kier molecular flexibility index (Phi) is 4.05. The van der Waals surface area contributed by atoms with E-state index in [1.807, 2.05) is 6.07 Å².